The lowest BCUT2D eigenvalue weighted by molar-refractivity contribution is -0.136. The van der Waals surface area contributed by atoms with Gasteiger partial charge in [0.1, 0.15) is 11.6 Å². The second-order valence-electron chi connectivity index (χ2n) is 6.62. The largest absolute Gasteiger partial charge is 0.497 e. The molecule has 0 aliphatic carbocycles. The van der Waals surface area contributed by atoms with Gasteiger partial charge in [0.25, 0.3) is 0 Å². The number of likely N-dealkylation sites (N-methyl/N-ethyl adjacent to an activating group) is 1. The van der Waals surface area contributed by atoms with Gasteiger partial charge in [0.15, 0.2) is 0 Å². The number of nitrogens with zero attached hydrogens (tertiary/aromatic N) is 4. The summed E-state index contributed by atoms with van der Waals surface area (Å²) in [5, 5.41) is 0. The van der Waals surface area contributed by atoms with Gasteiger partial charge in [-0.15, -0.1) is 0 Å². The first-order chi connectivity index (χ1) is 12.0. The molecule has 1 aromatic heterocycles. The number of hydrogen-bond acceptors (Lipinski definition) is 5. The van der Waals surface area contributed by atoms with E-state index in [1.807, 2.05) is 61.3 Å². The van der Waals surface area contributed by atoms with Crippen LogP contribution < -0.4 is 4.74 Å². The minimum atomic E-state index is -0.138. The van der Waals surface area contributed by atoms with Crippen molar-refractivity contribution in [3.63, 3.8) is 0 Å². The highest BCUT2D eigenvalue weighted by atomic mass is 16.5. The third-order valence-corrected chi connectivity index (χ3v) is 4.67. The van der Waals surface area contributed by atoms with Crippen LogP contribution in [0.2, 0.25) is 0 Å². The maximum atomic E-state index is 12.5. The molecule has 0 spiro atoms. The SMILES string of the molecule is COc1ccc(Cc2ncc3c(n2)CN(C(=O)[C@H](C)N(C)C)C3)cc1. The van der Waals surface area contributed by atoms with Crippen molar-refractivity contribution in [2.75, 3.05) is 21.2 Å². The van der Waals surface area contributed by atoms with Crippen molar-refractivity contribution in [3.05, 3.63) is 53.1 Å². The first kappa shape index (κ1) is 17.4. The third-order valence-electron chi connectivity index (χ3n) is 4.67. The first-order valence-corrected chi connectivity index (χ1v) is 8.39. The number of fused-ring (bicyclic) bond motifs is 1. The van der Waals surface area contributed by atoms with Gasteiger partial charge in [0.05, 0.1) is 25.4 Å². The van der Waals surface area contributed by atoms with Crippen LogP contribution in [0.5, 0.6) is 5.75 Å². The third kappa shape index (κ3) is 3.79. The van der Waals surface area contributed by atoms with Gasteiger partial charge >= 0.3 is 0 Å². The van der Waals surface area contributed by atoms with Crippen molar-refractivity contribution in [1.82, 2.24) is 19.8 Å². The predicted molar refractivity (Wildman–Crippen MR) is 95.2 cm³/mol. The fourth-order valence-electron chi connectivity index (χ4n) is 2.85. The Morgan fingerprint density at radius 2 is 2.00 bits per heavy atom. The van der Waals surface area contributed by atoms with Crippen LogP contribution in [-0.2, 0) is 24.3 Å². The van der Waals surface area contributed by atoms with Crippen molar-refractivity contribution >= 4 is 5.91 Å². The molecule has 1 aliphatic rings. The van der Waals surface area contributed by atoms with Crippen molar-refractivity contribution in [1.29, 1.82) is 0 Å². The minimum absolute atomic E-state index is 0.125. The van der Waals surface area contributed by atoms with Crippen LogP contribution in [0.4, 0.5) is 0 Å². The zero-order valence-electron chi connectivity index (χ0n) is 15.2. The Labute approximate surface area is 148 Å². The maximum absolute atomic E-state index is 12.5. The molecule has 0 fully saturated rings. The van der Waals surface area contributed by atoms with Gasteiger partial charge in [-0.2, -0.15) is 0 Å². The Morgan fingerprint density at radius 1 is 1.28 bits per heavy atom. The molecule has 0 saturated heterocycles. The van der Waals surface area contributed by atoms with E-state index in [1.165, 1.54) is 0 Å². The molecule has 1 aliphatic heterocycles. The molecule has 1 atom stereocenters. The van der Waals surface area contributed by atoms with Crippen LogP contribution in [-0.4, -0.2) is 52.9 Å². The van der Waals surface area contributed by atoms with Crippen molar-refractivity contribution in [2.24, 2.45) is 0 Å². The molecule has 0 saturated carbocycles. The highest BCUT2D eigenvalue weighted by Crippen LogP contribution is 2.22. The van der Waals surface area contributed by atoms with E-state index in [4.69, 9.17) is 4.74 Å². The predicted octanol–water partition coefficient (Wildman–Crippen LogP) is 1.87. The quantitative estimate of drug-likeness (QED) is 0.832. The fraction of sp³-hybridized carbons (Fsp3) is 0.421. The summed E-state index contributed by atoms with van der Waals surface area (Å²) in [5.41, 5.74) is 3.13. The first-order valence-electron chi connectivity index (χ1n) is 8.39. The molecule has 6 heteroatoms. The van der Waals surface area contributed by atoms with Crippen molar-refractivity contribution in [3.8, 4) is 5.75 Å². The van der Waals surface area contributed by atoms with E-state index in [1.54, 1.807) is 7.11 Å². The molecule has 25 heavy (non-hydrogen) atoms. The number of methoxy groups -OCH3 is 1. The number of hydrogen-bond donors (Lipinski definition) is 0. The van der Waals surface area contributed by atoms with E-state index < -0.39 is 0 Å². The maximum Gasteiger partial charge on any atom is 0.240 e. The topological polar surface area (TPSA) is 58.6 Å². The molecule has 2 heterocycles. The molecule has 2 aromatic rings. The summed E-state index contributed by atoms with van der Waals surface area (Å²) in [7, 11) is 5.49. The van der Waals surface area contributed by atoms with Crippen LogP contribution in [0, 0.1) is 0 Å². The average Bonchev–Trinajstić information content (AvgIpc) is 3.04. The number of benzene rings is 1. The zero-order valence-corrected chi connectivity index (χ0v) is 15.2. The number of rotatable bonds is 5. The lowest BCUT2D eigenvalue weighted by Gasteiger charge is -2.24. The summed E-state index contributed by atoms with van der Waals surface area (Å²) in [6.45, 7) is 3.08. The summed E-state index contributed by atoms with van der Waals surface area (Å²) in [6.07, 6.45) is 2.52. The van der Waals surface area contributed by atoms with Crippen LogP contribution in [0.3, 0.4) is 0 Å². The number of amides is 1. The molecule has 0 N–H and O–H groups in total. The molecule has 0 radical (unpaired) electrons. The molecule has 0 bridgehead atoms. The van der Waals surface area contributed by atoms with Gasteiger partial charge in [0.2, 0.25) is 5.91 Å². The van der Waals surface area contributed by atoms with Gasteiger partial charge < -0.3 is 9.64 Å². The zero-order chi connectivity index (χ0) is 18.0. The summed E-state index contributed by atoms with van der Waals surface area (Å²) >= 11 is 0. The number of aromatic nitrogens is 2. The van der Waals surface area contributed by atoms with Gasteiger partial charge in [-0.3, -0.25) is 9.69 Å². The van der Waals surface area contributed by atoms with E-state index in [0.29, 0.717) is 19.5 Å². The second-order valence-corrected chi connectivity index (χ2v) is 6.62. The normalized spacial score (nSPS) is 14.5. The Kier molecular flexibility index (Phi) is 4.99. The highest BCUT2D eigenvalue weighted by Gasteiger charge is 2.29. The van der Waals surface area contributed by atoms with Crippen molar-refractivity contribution < 1.29 is 9.53 Å². The highest BCUT2D eigenvalue weighted by molar-refractivity contribution is 5.81. The van der Waals surface area contributed by atoms with Gasteiger partial charge in [-0.25, -0.2) is 9.97 Å². The van der Waals surface area contributed by atoms with Gasteiger partial charge in [-0.1, -0.05) is 12.1 Å². The van der Waals surface area contributed by atoms with Gasteiger partial charge in [0, 0.05) is 24.7 Å². The lowest BCUT2D eigenvalue weighted by atomic mass is 10.1. The standard InChI is InChI=1S/C19H24N4O2/c1-13(22(2)3)19(24)23-11-15-10-20-18(21-17(15)12-23)9-14-5-7-16(25-4)8-6-14/h5-8,10,13H,9,11-12H2,1-4H3/t13-/m0/s1. The van der Waals surface area contributed by atoms with E-state index in [2.05, 4.69) is 9.97 Å². The van der Waals surface area contributed by atoms with E-state index in [9.17, 15) is 4.79 Å². The molecular weight excluding hydrogens is 316 g/mol. The fourth-order valence-corrected chi connectivity index (χ4v) is 2.85. The van der Waals surface area contributed by atoms with Crippen molar-refractivity contribution in [2.45, 2.75) is 32.5 Å². The van der Waals surface area contributed by atoms with Crippen LogP contribution in [0.15, 0.2) is 30.5 Å². The van der Waals surface area contributed by atoms with E-state index in [0.717, 1.165) is 28.4 Å². The van der Waals surface area contributed by atoms with Crippen LogP contribution in [0.25, 0.3) is 0 Å². The number of carbonyl (C=O) groups excluding carboxylic acids is 1. The Morgan fingerprint density at radius 3 is 2.64 bits per heavy atom. The van der Waals surface area contributed by atoms with E-state index >= 15 is 0 Å². The monoisotopic (exact) mass is 340 g/mol. The molecule has 132 valence electrons. The Hall–Kier alpha value is -2.47. The molecule has 6 nitrogen and oxygen atoms in total. The smallest absolute Gasteiger partial charge is 0.240 e. The molecule has 1 amide bonds. The molecular formula is C19H24N4O2. The summed E-state index contributed by atoms with van der Waals surface area (Å²) < 4.78 is 5.18. The Bertz CT molecular complexity index is 759. The van der Waals surface area contributed by atoms with Gasteiger partial charge in [-0.05, 0) is 38.7 Å². The lowest BCUT2D eigenvalue weighted by Crippen LogP contribution is -2.41. The molecule has 1 aromatic carbocycles. The summed E-state index contributed by atoms with van der Waals surface area (Å²) in [4.78, 5) is 25.4. The number of ether oxygens (including phenoxy) is 1. The minimum Gasteiger partial charge on any atom is -0.497 e. The average molecular weight is 340 g/mol. The molecule has 0 unspecified atom stereocenters. The van der Waals surface area contributed by atoms with Crippen LogP contribution >= 0.6 is 0 Å². The Balaban J connectivity index is 1.70. The summed E-state index contributed by atoms with van der Waals surface area (Å²) in [6, 6.07) is 7.77. The van der Waals surface area contributed by atoms with Crippen LogP contribution in [0.1, 0.15) is 29.6 Å². The molecule has 3 rings (SSSR count). The van der Waals surface area contributed by atoms with E-state index in [-0.39, 0.29) is 11.9 Å². The summed E-state index contributed by atoms with van der Waals surface area (Å²) in [5.74, 6) is 1.74. The number of carbonyl (C=O) groups is 1. The second kappa shape index (κ2) is 7.19.